The van der Waals surface area contributed by atoms with Gasteiger partial charge in [-0.25, -0.2) is 5.10 Å². The Bertz CT molecular complexity index is 783. The minimum Gasteiger partial charge on any atom is -0.490 e. The summed E-state index contributed by atoms with van der Waals surface area (Å²) in [7, 11) is 0. The molecule has 0 unspecified atom stereocenters. The Hall–Kier alpha value is -1.76. The highest BCUT2D eigenvalue weighted by Crippen LogP contribution is 2.34. The zero-order chi connectivity index (χ0) is 17.7. The summed E-state index contributed by atoms with van der Waals surface area (Å²) >= 11 is 18.2. The number of aromatic nitrogens is 2. The second-order valence-corrected chi connectivity index (χ2v) is 6.51. The number of nitrogens with one attached hydrogen (secondary N) is 2. The summed E-state index contributed by atoms with van der Waals surface area (Å²) in [5, 5.41) is 10.6. The smallest absolute Gasteiger partial charge is 0.285 e. The minimum absolute atomic E-state index is 0.0318. The lowest BCUT2D eigenvalue weighted by Gasteiger charge is -2.12. The van der Waals surface area contributed by atoms with E-state index in [9.17, 15) is 4.79 Å². The molecule has 0 spiro atoms. The van der Waals surface area contributed by atoms with Crippen molar-refractivity contribution in [2.75, 3.05) is 12.0 Å². The molecule has 9 heteroatoms. The van der Waals surface area contributed by atoms with Crippen LogP contribution in [0.15, 0.2) is 28.2 Å². The maximum atomic E-state index is 11.3. The summed E-state index contributed by atoms with van der Waals surface area (Å²) < 4.78 is 5.60. The minimum atomic E-state index is -0.505. The van der Waals surface area contributed by atoms with Crippen LogP contribution in [0.1, 0.15) is 19.4 Å². The monoisotopic (exact) mass is 388 g/mol. The zero-order valence-electron chi connectivity index (χ0n) is 12.9. The van der Waals surface area contributed by atoms with E-state index in [-0.39, 0.29) is 10.7 Å². The second kappa shape index (κ2) is 8.37. The number of aromatic amines is 1. The lowest BCUT2D eigenvalue weighted by Crippen LogP contribution is -2.10. The molecule has 0 saturated carbocycles. The quantitative estimate of drug-likeness (QED) is 0.573. The van der Waals surface area contributed by atoms with Gasteiger partial charge in [0.1, 0.15) is 10.7 Å². The Morgan fingerprint density at radius 2 is 2.00 bits per heavy atom. The third-order valence-electron chi connectivity index (χ3n) is 2.78. The summed E-state index contributed by atoms with van der Waals surface area (Å²) in [5.41, 5.74) is 3.07. The molecule has 0 bridgehead atoms. The zero-order valence-corrected chi connectivity index (χ0v) is 15.2. The van der Waals surface area contributed by atoms with E-state index in [1.54, 1.807) is 12.1 Å². The van der Waals surface area contributed by atoms with Gasteiger partial charge in [-0.2, -0.15) is 10.2 Å². The van der Waals surface area contributed by atoms with Gasteiger partial charge in [0.25, 0.3) is 5.56 Å². The van der Waals surface area contributed by atoms with Crippen LogP contribution in [0.4, 0.5) is 5.69 Å². The third-order valence-corrected chi connectivity index (χ3v) is 3.71. The van der Waals surface area contributed by atoms with Crippen LogP contribution in [0, 0.1) is 5.92 Å². The molecule has 6 nitrogen and oxygen atoms in total. The van der Waals surface area contributed by atoms with Crippen LogP contribution < -0.4 is 15.7 Å². The molecule has 1 aromatic carbocycles. The fraction of sp³-hybridized carbons (Fsp3) is 0.267. The van der Waals surface area contributed by atoms with Crippen molar-refractivity contribution in [1.82, 2.24) is 10.2 Å². The molecule has 0 amide bonds. The Morgan fingerprint density at radius 3 is 2.62 bits per heavy atom. The van der Waals surface area contributed by atoms with Crippen LogP contribution in [-0.4, -0.2) is 23.0 Å². The van der Waals surface area contributed by atoms with Crippen LogP contribution >= 0.6 is 34.8 Å². The Kier molecular flexibility index (Phi) is 6.48. The number of hydrazone groups is 1. The number of benzene rings is 1. The summed E-state index contributed by atoms with van der Waals surface area (Å²) in [6.07, 6.45) is 2.84. The fourth-order valence-corrected chi connectivity index (χ4v) is 2.43. The van der Waals surface area contributed by atoms with Gasteiger partial charge in [-0.15, -0.1) is 0 Å². The third kappa shape index (κ3) is 4.87. The molecule has 0 aliphatic heterocycles. The van der Waals surface area contributed by atoms with E-state index in [4.69, 9.17) is 39.5 Å². The second-order valence-electron chi connectivity index (χ2n) is 5.32. The highest BCUT2D eigenvalue weighted by molar-refractivity contribution is 6.37. The van der Waals surface area contributed by atoms with Crippen molar-refractivity contribution in [1.29, 1.82) is 0 Å². The van der Waals surface area contributed by atoms with Crippen LogP contribution in [0.25, 0.3) is 0 Å². The maximum absolute atomic E-state index is 11.3. The van der Waals surface area contributed by atoms with Crippen molar-refractivity contribution in [2.45, 2.75) is 13.8 Å². The predicted octanol–water partition coefficient (Wildman–Crippen LogP) is 4.21. The van der Waals surface area contributed by atoms with Gasteiger partial charge in [-0.05, 0) is 23.6 Å². The van der Waals surface area contributed by atoms with E-state index in [1.807, 2.05) is 13.8 Å². The molecule has 0 radical (unpaired) electrons. The lowest BCUT2D eigenvalue weighted by molar-refractivity contribution is 0.271. The number of nitrogens with zero attached hydrogens (tertiary/aromatic N) is 2. The highest BCUT2D eigenvalue weighted by Gasteiger charge is 2.10. The van der Waals surface area contributed by atoms with E-state index in [0.717, 1.165) is 0 Å². The van der Waals surface area contributed by atoms with Crippen molar-refractivity contribution in [3.63, 3.8) is 0 Å². The first-order valence-corrected chi connectivity index (χ1v) is 8.16. The van der Waals surface area contributed by atoms with Crippen molar-refractivity contribution >= 4 is 46.7 Å². The maximum Gasteiger partial charge on any atom is 0.285 e. The van der Waals surface area contributed by atoms with Gasteiger partial charge in [-0.1, -0.05) is 48.7 Å². The molecular weight excluding hydrogens is 375 g/mol. The number of rotatable bonds is 6. The molecular formula is C15H15Cl3N4O2. The van der Waals surface area contributed by atoms with Gasteiger partial charge >= 0.3 is 0 Å². The fourth-order valence-electron chi connectivity index (χ4n) is 1.68. The van der Waals surface area contributed by atoms with E-state index in [2.05, 4.69) is 20.7 Å². The van der Waals surface area contributed by atoms with Crippen LogP contribution in [0.5, 0.6) is 5.75 Å². The number of hydrogen-bond donors (Lipinski definition) is 2. The van der Waals surface area contributed by atoms with Gasteiger partial charge in [0.2, 0.25) is 0 Å². The molecule has 0 fully saturated rings. The SMILES string of the molecule is CC(C)COc1c(Cl)cc(/C=N\Nc2cn[nH]c(=O)c2Cl)cc1Cl. The molecule has 1 heterocycles. The molecule has 0 aliphatic rings. The van der Waals surface area contributed by atoms with Crippen molar-refractivity contribution in [3.05, 3.63) is 49.3 Å². The topological polar surface area (TPSA) is 79.4 Å². The van der Waals surface area contributed by atoms with E-state index in [1.165, 1.54) is 12.4 Å². The predicted molar refractivity (Wildman–Crippen MR) is 97.9 cm³/mol. The average molecular weight is 390 g/mol. The molecule has 0 atom stereocenters. The van der Waals surface area contributed by atoms with Gasteiger partial charge in [0.15, 0.2) is 5.75 Å². The lowest BCUT2D eigenvalue weighted by atomic mass is 10.2. The molecule has 2 aromatic rings. The number of halogens is 3. The number of H-pyrrole nitrogens is 1. The normalized spacial score (nSPS) is 11.2. The molecule has 0 saturated heterocycles. The van der Waals surface area contributed by atoms with Crippen molar-refractivity contribution in [2.24, 2.45) is 11.0 Å². The number of ether oxygens (including phenoxy) is 1. The summed E-state index contributed by atoms with van der Waals surface area (Å²) in [4.78, 5) is 11.3. The van der Waals surface area contributed by atoms with E-state index < -0.39 is 5.56 Å². The van der Waals surface area contributed by atoms with E-state index in [0.29, 0.717) is 33.9 Å². The summed E-state index contributed by atoms with van der Waals surface area (Å²) in [6.45, 7) is 4.58. The van der Waals surface area contributed by atoms with Crippen molar-refractivity contribution < 1.29 is 4.74 Å². The Labute approximate surface area is 153 Å². The summed E-state index contributed by atoms with van der Waals surface area (Å²) in [6, 6.07) is 3.35. The molecule has 2 N–H and O–H groups in total. The first-order chi connectivity index (χ1) is 11.4. The van der Waals surface area contributed by atoms with Crippen molar-refractivity contribution in [3.8, 4) is 5.75 Å². The van der Waals surface area contributed by atoms with Gasteiger partial charge < -0.3 is 4.74 Å². The van der Waals surface area contributed by atoms with Gasteiger partial charge in [0.05, 0.1) is 29.1 Å². The van der Waals surface area contributed by atoms with Crippen LogP contribution in [0.3, 0.4) is 0 Å². The van der Waals surface area contributed by atoms with E-state index >= 15 is 0 Å². The Morgan fingerprint density at radius 1 is 1.33 bits per heavy atom. The average Bonchev–Trinajstić information content (AvgIpc) is 2.50. The standard InChI is InChI=1S/C15H15Cl3N4O2/c1-8(2)7-24-14-10(16)3-9(4-11(14)17)5-19-21-12-6-20-22-15(23)13(12)18/h3-6,8H,7H2,1-2H3,(H2,21,22,23)/b19-5-. The molecule has 2 rings (SSSR count). The first kappa shape index (κ1) is 18.6. The molecule has 128 valence electrons. The van der Waals surface area contributed by atoms with Gasteiger partial charge in [-0.3, -0.25) is 10.2 Å². The number of anilines is 1. The highest BCUT2D eigenvalue weighted by atomic mass is 35.5. The summed E-state index contributed by atoms with van der Waals surface area (Å²) in [5.74, 6) is 0.800. The first-order valence-electron chi connectivity index (χ1n) is 7.02. The molecule has 24 heavy (non-hydrogen) atoms. The largest absolute Gasteiger partial charge is 0.490 e. The Balaban J connectivity index is 2.12. The molecule has 0 aliphatic carbocycles. The molecule has 1 aromatic heterocycles. The van der Waals surface area contributed by atoms with Crippen LogP contribution in [0.2, 0.25) is 15.1 Å². The van der Waals surface area contributed by atoms with Crippen LogP contribution in [-0.2, 0) is 0 Å². The number of hydrogen-bond acceptors (Lipinski definition) is 5. The van der Waals surface area contributed by atoms with Gasteiger partial charge in [0, 0.05) is 0 Å².